The van der Waals surface area contributed by atoms with Gasteiger partial charge in [0.25, 0.3) is 0 Å². The summed E-state index contributed by atoms with van der Waals surface area (Å²) in [6.45, 7) is 1.73. The Hall–Kier alpha value is -3.33. The number of piperidine rings is 1. The number of anilines is 1. The number of aromatic carboxylic acids is 1. The predicted octanol–water partition coefficient (Wildman–Crippen LogP) is 4.41. The molecule has 1 unspecified atom stereocenters. The molecular weight excluding hydrogens is 436 g/mol. The van der Waals surface area contributed by atoms with Crippen molar-refractivity contribution in [3.8, 4) is 0 Å². The van der Waals surface area contributed by atoms with Gasteiger partial charge in [-0.1, -0.05) is 16.8 Å². The second kappa shape index (κ2) is 9.44. The second-order valence-corrected chi connectivity index (χ2v) is 8.30. The van der Waals surface area contributed by atoms with E-state index in [1.165, 1.54) is 6.07 Å². The van der Waals surface area contributed by atoms with E-state index in [9.17, 15) is 9.59 Å². The average molecular weight is 459 g/mol. The number of rotatable bonds is 7. The molecule has 0 aliphatic carbocycles. The number of carbonyl (C=O) groups excluding carboxylic acids is 1. The van der Waals surface area contributed by atoms with Crippen molar-refractivity contribution < 1.29 is 24.0 Å². The molecule has 32 heavy (non-hydrogen) atoms. The van der Waals surface area contributed by atoms with Crippen LogP contribution in [0, 0.1) is 5.92 Å². The number of nitrogens with zero attached hydrogens (tertiary/aromatic N) is 3. The van der Waals surface area contributed by atoms with Crippen molar-refractivity contribution in [3.05, 3.63) is 52.9 Å². The maximum absolute atomic E-state index is 11.3. The van der Waals surface area contributed by atoms with Crippen molar-refractivity contribution in [2.45, 2.75) is 31.8 Å². The van der Waals surface area contributed by atoms with Gasteiger partial charge in [0.15, 0.2) is 17.6 Å². The van der Waals surface area contributed by atoms with Crippen molar-refractivity contribution in [3.63, 3.8) is 0 Å². The smallest absolute Gasteiger partial charge is 0.405 e. The Bertz CT molecular complexity index is 1130. The van der Waals surface area contributed by atoms with E-state index < -0.39 is 18.2 Å². The van der Waals surface area contributed by atoms with Gasteiger partial charge in [-0.3, -0.25) is 0 Å². The zero-order valence-electron chi connectivity index (χ0n) is 17.2. The molecule has 3 heterocycles. The lowest BCUT2D eigenvalue weighted by Crippen LogP contribution is -2.34. The fourth-order valence-corrected chi connectivity index (χ4v) is 4.22. The van der Waals surface area contributed by atoms with Crippen molar-refractivity contribution >= 4 is 40.4 Å². The van der Waals surface area contributed by atoms with Crippen LogP contribution in [0.25, 0.3) is 10.9 Å². The third-order valence-corrected chi connectivity index (χ3v) is 5.97. The molecule has 0 saturated carbocycles. The maximum atomic E-state index is 11.3. The maximum Gasteiger partial charge on any atom is 0.405 e. The number of hydrogen-bond donors (Lipinski definition) is 2. The molecule has 1 aliphatic rings. The Labute approximate surface area is 189 Å². The number of amides is 1. The molecular formula is C22H23ClN4O5. The van der Waals surface area contributed by atoms with Gasteiger partial charge in [-0.2, -0.15) is 0 Å². The number of ether oxygens (including phenoxy) is 1. The quantitative estimate of drug-likeness (QED) is 0.532. The number of halogens is 1. The number of nitrogens with two attached hydrogens (primary N) is 1. The van der Waals surface area contributed by atoms with E-state index in [0.717, 1.165) is 49.1 Å². The minimum absolute atomic E-state index is 0.180. The Morgan fingerprint density at radius 2 is 2.03 bits per heavy atom. The summed E-state index contributed by atoms with van der Waals surface area (Å²) in [5.74, 6) is 0.331. The number of pyridine rings is 1. The summed E-state index contributed by atoms with van der Waals surface area (Å²) < 4.78 is 10.2. The first-order valence-corrected chi connectivity index (χ1v) is 10.7. The van der Waals surface area contributed by atoms with E-state index in [1.807, 2.05) is 30.3 Å². The molecule has 1 fully saturated rings. The molecule has 168 valence electrons. The zero-order valence-corrected chi connectivity index (χ0v) is 18.0. The zero-order chi connectivity index (χ0) is 22.7. The molecule has 0 bridgehead atoms. The molecule has 1 atom stereocenters. The second-order valence-electron chi connectivity index (χ2n) is 7.86. The monoisotopic (exact) mass is 458 g/mol. The number of carbonyl (C=O) groups is 2. The molecule has 1 saturated heterocycles. The number of primary amides is 1. The van der Waals surface area contributed by atoms with E-state index in [1.54, 1.807) is 0 Å². The molecule has 2 aromatic heterocycles. The van der Waals surface area contributed by atoms with Gasteiger partial charge >= 0.3 is 12.1 Å². The van der Waals surface area contributed by atoms with Gasteiger partial charge in [-0.25, -0.2) is 14.6 Å². The van der Waals surface area contributed by atoms with E-state index in [-0.39, 0.29) is 11.5 Å². The summed E-state index contributed by atoms with van der Waals surface area (Å²) in [6.07, 6.45) is 1.46. The lowest BCUT2D eigenvalue weighted by molar-refractivity contribution is 0.0677. The van der Waals surface area contributed by atoms with Gasteiger partial charge in [0.05, 0.1) is 5.52 Å². The van der Waals surface area contributed by atoms with Gasteiger partial charge < -0.3 is 25.0 Å². The number of aromatic nitrogens is 2. The van der Waals surface area contributed by atoms with Crippen molar-refractivity contribution in [1.82, 2.24) is 10.1 Å². The van der Waals surface area contributed by atoms with Crippen LogP contribution in [-0.2, 0) is 4.74 Å². The van der Waals surface area contributed by atoms with Gasteiger partial charge in [-0.05, 0) is 61.9 Å². The Kier molecular flexibility index (Phi) is 6.45. The van der Waals surface area contributed by atoms with Gasteiger partial charge in [-0.15, -0.1) is 0 Å². The molecule has 1 amide bonds. The fraction of sp³-hybridized carbons (Fsp3) is 0.364. The van der Waals surface area contributed by atoms with Crippen LogP contribution in [0.5, 0.6) is 0 Å². The van der Waals surface area contributed by atoms with Crippen LogP contribution in [0.15, 0.2) is 40.9 Å². The minimum Gasteiger partial charge on any atom is -0.476 e. The number of carboxylic acids is 1. The molecule has 1 aromatic carbocycles. The summed E-state index contributed by atoms with van der Waals surface area (Å²) in [5, 5.41) is 14.2. The molecule has 9 nitrogen and oxygen atoms in total. The summed E-state index contributed by atoms with van der Waals surface area (Å²) in [4.78, 5) is 29.3. The van der Waals surface area contributed by atoms with Crippen LogP contribution in [0.4, 0.5) is 10.6 Å². The molecule has 1 aliphatic heterocycles. The van der Waals surface area contributed by atoms with Crippen LogP contribution >= 0.6 is 11.6 Å². The summed E-state index contributed by atoms with van der Waals surface area (Å²) in [7, 11) is 0. The van der Waals surface area contributed by atoms with Gasteiger partial charge in [0, 0.05) is 29.6 Å². The van der Waals surface area contributed by atoms with Crippen molar-refractivity contribution in [2.75, 3.05) is 18.0 Å². The van der Waals surface area contributed by atoms with E-state index >= 15 is 0 Å². The van der Waals surface area contributed by atoms with Crippen LogP contribution in [-0.4, -0.2) is 40.4 Å². The first-order chi connectivity index (χ1) is 15.4. The largest absolute Gasteiger partial charge is 0.476 e. The summed E-state index contributed by atoms with van der Waals surface area (Å²) in [5.41, 5.74) is 5.85. The molecule has 0 spiro atoms. The normalized spacial score (nSPS) is 15.6. The SMILES string of the molecule is NC(=O)OC(CCC1CCN(c2ccc3cc(Cl)ccc3n2)CC1)c1cc(C(=O)O)no1. The summed E-state index contributed by atoms with van der Waals surface area (Å²) >= 11 is 6.05. The highest BCUT2D eigenvalue weighted by Crippen LogP contribution is 2.31. The van der Waals surface area contributed by atoms with E-state index in [0.29, 0.717) is 17.4 Å². The average Bonchev–Trinajstić information content (AvgIpc) is 3.27. The highest BCUT2D eigenvalue weighted by Gasteiger charge is 2.26. The third-order valence-electron chi connectivity index (χ3n) is 5.74. The lowest BCUT2D eigenvalue weighted by Gasteiger charge is -2.33. The number of fused-ring (bicyclic) bond motifs is 1. The number of carboxylic acid groups (broad SMARTS) is 1. The molecule has 0 radical (unpaired) electrons. The van der Waals surface area contributed by atoms with Crippen molar-refractivity contribution in [1.29, 1.82) is 0 Å². The first-order valence-electron chi connectivity index (χ1n) is 10.4. The number of benzene rings is 1. The van der Waals surface area contributed by atoms with Crippen LogP contribution in [0.2, 0.25) is 5.02 Å². The Balaban J connectivity index is 1.34. The summed E-state index contributed by atoms with van der Waals surface area (Å²) in [6, 6.07) is 11.0. The molecule has 3 aromatic rings. The van der Waals surface area contributed by atoms with Crippen molar-refractivity contribution in [2.24, 2.45) is 11.7 Å². The standard InChI is InChI=1S/C22H23ClN4O5/c23-15-3-4-16-14(11-15)2-6-20(25-16)27-9-7-13(8-10-27)1-5-18(31-22(24)30)19-12-17(21(28)29)26-32-19/h2-4,6,11-13,18H,1,5,7-10H2,(H2,24,30)(H,28,29). The van der Waals surface area contributed by atoms with Gasteiger partial charge in [0.2, 0.25) is 0 Å². The lowest BCUT2D eigenvalue weighted by atomic mass is 9.90. The number of hydrogen-bond acceptors (Lipinski definition) is 7. The fourth-order valence-electron chi connectivity index (χ4n) is 4.04. The Morgan fingerprint density at radius 1 is 1.25 bits per heavy atom. The van der Waals surface area contributed by atoms with Gasteiger partial charge in [0.1, 0.15) is 5.82 Å². The predicted molar refractivity (Wildman–Crippen MR) is 118 cm³/mol. The van der Waals surface area contributed by atoms with Crippen LogP contribution in [0.1, 0.15) is 48.0 Å². The Morgan fingerprint density at radius 3 is 2.72 bits per heavy atom. The van der Waals surface area contributed by atoms with E-state index in [2.05, 4.69) is 10.1 Å². The highest BCUT2D eigenvalue weighted by atomic mass is 35.5. The van der Waals surface area contributed by atoms with E-state index in [4.69, 9.17) is 36.7 Å². The third kappa shape index (κ3) is 5.11. The minimum atomic E-state index is -1.21. The first kappa shape index (κ1) is 21.9. The van der Waals surface area contributed by atoms with Crippen LogP contribution < -0.4 is 10.6 Å². The molecule has 3 N–H and O–H groups in total. The highest BCUT2D eigenvalue weighted by molar-refractivity contribution is 6.31. The molecule has 10 heteroatoms. The van der Waals surface area contributed by atoms with Crippen LogP contribution in [0.3, 0.4) is 0 Å². The molecule has 4 rings (SSSR count). The topological polar surface area (TPSA) is 132 Å².